The molecule has 1 aromatic rings. The Bertz CT molecular complexity index is 570. The van der Waals surface area contributed by atoms with Gasteiger partial charge in [0.05, 0.1) is 0 Å². The second-order valence-corrected chi connectivity index (χ2v) is 5.52. The molecular formula is C10H10F3NO4S. The lowest BCUT2D eigenvalue weighted by Gasteiger charge is -2.26. The molecule has 0 saturated heterocycles. The van der Waals surface area contributed by atoms with E-state index in [4.69, 9.17) is 5.11 Å². The number of aliphatic carboxylic acids is 1. The molecule has 0 spiro atoms. The second-order valence-electron chi connectivity index (χ2n) is 3.85. The molecule has 0 radical (unpaired) electrons. The quantitative estimate of drug-likeness (QED) is 0.880. The third-order valence-electron chi connectivity index (χ3n) is 2.42. The van der Waals surface area contributed by atoms with Crippen LogP contribution in [-0.4, -0.2) is 25.0 Å². The predicted octanol–water partition coefficient (Wildman–Crippen LogP) is 1.43. The summed E-state index contributed by atoms with van der Waals surface area (Å²) in [6, 6.07) is 6.72. The first-order chi connectivity index (χ1) is 8.51. The molecule has 0 fully saturated rings. The Hall–Kier alpha value is -1.61. The van der Waals surface area contributed by atoms with Crippen LogP contribution in [0, 0.1) is 0 Å². The maximum atomic E-state index is 12.3. The topological polar surface area (TPSA) is 83.5 Å². The molecular weight excluding hydrogens is 287 g/mol. The van der Waals surface area contributed by atoms with Gasteiger partial charge in [0.25, 0.3) is 0 Å². The fourth-order valence-corrected chi connectivity index (χ4v) is 2.18. The van der Waals surface area contributed by atoms with Crippen molar-refractivity contribution in [2.75, 3.05) is 0 Å². The number of alkyl halides is 3. The Kier molecular flexibility index (Phi) is 3.92. The van der Waals surface area contributed by atoms with E-state index in [9.17, 15) is 26.4 Å². The van der Waals surface area contributed by atoms with Crippen molar-refractivity contribution in [1.29, 1.82) is 0 Å². The van der Waals surface area contributed by atoms with E-state index in [1.165, 1.54) is 35.1 Å². The number of carboxylic acid groups (broad SMARTS) is 1. The van der Waals surface area contributed by atoms with Gasteiger partial charge in [0.2, 0.25) is 0 Å². The Morgan fingerprint density at radius 3 is 2.05 bits per heavy atom. The third-order valence-corrected chi connectivity index (χ3v) is 3.71. The summed E-state index contributed by atoms with van der Waals surface area (Å²) in [5.41, 5.74) is -8.11. The summed E-state index contributed by atoms with van der Waals surface area (Å²) in [6.07, 6.45) is 0. The number of hydrogen-bond acceptors (Lipinski definition) is 3. The Morgan fingerprint density at radius 1 is 1.21 bits per heavy atom. The van der Waals surface area contributed by atoms with Crippen LogP contribution in [0.25, 0.3) is 0 Å². The van der Waals surface area contributed by atoms with Crippen molar-refractivity contribution in [1.82, 2.24) is 4.72 Å². The molecule has 1 aromatic carbocycles. The minimum Gasteiger partial charge on any atom is -0.480 e. The Balaban J connectivity index is 3.29. The first kappa shape index (κ1) is 15.4. The largest absolute Gasteiger partial charge is 0.511 e. The van der Waals surface area contributed by atoms with Crippen molar-refractivity contribution in [3.63, 3.8) is 0 Å². The van der Waals surface area contributed by atoms with Gasteiger partial charge >= 0.3 is 21.5 Å². The molecule has 0 saturated carbocycles. The van der Waals surface area contributed by atoms with Crippen LogP contribution in [0.3, 0.4) is 0 Å². The number of nitrogens with one attached hydrogen (secondary N) is 1. The summed E-state index contributed by atoms with van der Waals surface area (Å²) in [5.74, 6) is -1.74. The van der Waals surface area contributed by atoms with Crippen molar-refractivity contribution in [3.05, 3.63) is 35.9 Å². The lowest BCUT2D eigenvalue weighted by Crippen LogP contribution is -2.53. The van der Waals surface area contributed by atoms with E-state index in [2.05, 4.69) is 0 Å². The molecule has 9 heteroatoms. The molecule has 2 N–H and O–H groups in total. The molecule has 5 nitrogen and oxygen atoms in total. The molecule has 0 heterocycles. The van der Waals surface area contributed by atoms with Crippen molar-refractivity contribution in [3.8, 4) is 0 Å². The minimum atomic E-state index is -5.78. The maximum Gasteiger partial charge on any atom is 0.511 e. The highest BCUT2D eigenvalue weighted by Crippen LogP contribution is 2.28. The molecule has 1 unspecified atom stereocenters. The molecule has 1 atom stereocenters. The van der Waals surface area contributed by atoms with Crippen LogP contribution in [-0.2, 0) is 20.4 Å². The first-order valence-corrected chi connectivity index (χ1v) is 6.38. The third kappa shape index (κ3) is 3.04. The zero-order valence-corrected chi connectivity index (χ0v) is 10.4. The molecule has 106 valence electrons. The number of carbonyl (C=O) groups is 1. The Morgan fingerprint density at radius 2 is 1.68 bits per heavy atom. The number of rotatable bonds is 4. The summed E-state index contributed by atoms with van der Waals surface area (Å²) in [4.78, 5) is 11.1. The minimum absolute atomic E-state index is 0.115. The number of hydrogen-bond donors (Lipinski definition) is 2. The molecule has 19 heavy (non-hydrogen) atoms. The van der Waals surface area contributed by atoms with Gasteiger partial charge in [-0.15, -0.1) is 0 Å². The van der Waals surface area contributed by atoms with Crippen LogP contribution >= 0.6 is 0 Å². The van der Waals surface area contributed by atoms with Crippen molar-refractivity contribution < 1.29 is 31.5 Å². The summed E-state index contributed by atoms with van der Waals surface area (Å²) in [6.45, 7) is 0.841. The molecule has 0 bridgehead atoms. The molecule has 0 amide bonds. The number of halogens is 3. The van der Waals surface area contributed by atoms with Crippen LogP contribution in [0.5, 0.6) is 0 Å². The summed E-state index contributed by atoms with van der Waals surface area (Å²) in [7, 11) is -5.78. The van der Waals surface area contributed by atoms with Gasteiger partial charge in [0, 0.05) is 0 Å². The standard InChI is InChI=1S/C10H10F3NO4S/c1-9(8(15)16,7-5-3-2-4-6-7)14-19(17,18)10(11,12)13/h2-6,14H,1H3,(H,15,16). The zero-order chi connectivity index (χ0) is 14.9. The summed E-state index contributed by atoms with van der Waals surface area (Å²) < 4.78 is 60.2. The average molecular weight is 297 g/mol. The molecule has 0 aromatic heterocycles. The Labute approximate surface area is 107 Å². The van der Waals surface area contributed by atoms with Crippen LogP contribution in [0.4, 0.5) is 13.2 Å². The van der Waals surface area contributed by atoms with E-state index in [0.717, 1.165) is 6.92 Å². The highest BCUT2D eigenvalue weighted by atomic mass is 32.2. The van der Waals surface area contributed by atoms with Gasteiger partial charge in [-0.05, 0) is 12.5 Å². The highest BCUT2D eigenvalue weighted by molar-refractivity contribution is 7.90. The van der Waals surface area contributed by atoms with E-state index < -0.39 is 27.0 Å². The van der Waals surface area contributed by atoms with Crippen LogP contribution in [0.1, 0.15) is 12.5 Å². The fraction of sp³-hybridized carbons (Fsp3) is 0.300. The smallest absolute Gasteiger partial charge is 0.480 e. The molecule has 0 aliphatic carbocycles. The lowest BCUT2D eigenvalue weighted by atomic mass is 9.94. The normalized spacial score (nSPS) is 15.8. The van der Waals surface area contributed by atoms with Crippen molar-refractivity contribution in [2.24, 2.45) is 0 Å². The predicted molar refractivity (Wildman–Crippen MR) is 59.5 cm³/mol. The van der Waals surface area contributed by atoms with Crippen LogP contribution in [0.2, 0.25) is 0 Å². The van der Waals surface area contributed by atoms with Gasteiger partial charge in [-0.25, -0.2) is 13.2 Å². The van der Waals surface area contributed by atoms with E-state index in [-0.39, 0.29) is 5.56 Å². The summed E-state index contributed by atoms with van der Waals surface area (Å²) in [5, 5.41) is 9.02. The monoisotopic (exact) mass is 297 g/mol. The first-order valence-electron chi connectivity index (χ1n) is 4.90. The number of benzene rings is 1. The lowest BCUT2D eigenvalue weighted by molar-refractivity contribution is -0.143. The SMILES string of the molecule is CC(NS(=O)(=O)C(F)(F)F)(C(=O)O)c1ccccc1. The van der Waals surface area contributed by atoms with Gasteiger partial charge < -0.3 is 5.11 Å². The van der Waals surface area contributed by atoms with Gasteiger partial charge in [-0.3, -0.25) is 0 Å². The highest BCUT2D eigenvalue weighted by Gasteiger charge is 2.51. The van der Waals surface area contributed by atoms with E-state index in [0.29, 0.717) is 0 Å². The zero-order valence-electron chi connectivity index (χ0n) is 9.60. The average Bonchev–Trinajstić information content (AvgIpc) is 2.27. The van der Waals surface area contributed by atoms with Crippen LogP contribution < -0.4 is 4.72 Å². The summed E-state index contributed by atoms with van der Waals surface area (Å²) >= 11 is 0. The van der Waals surface area contributed by atoms with Gasteiger partial charge in [-0.1, -0.05) is 30.3 Å². The number of carboxylic acids is 1. The van der Waals surface area contributed by atoms with Gasteiger partial charge in [0.15, 0.2) is 5.54 Å². The van der Waals surface area contributed by atoms with Crippen molar-refractivity contribution >= 4 is 16.0 Å². The van der Waals surface area contributed by atoms with Gasteiger partial charge in [-0.2, -0.15) is 17.9 Å². The van der Waals surface area contributed by atoms with Crippen molar-refractivity contribution in [2.45, 2.75) is 18.0 Å². The second kappa shape index (κ2) is 4.82. The molecule has 0 aliphatic heterocycles. The number of sulfonamides is 1. The maximum absolute atomic E-state index is 12.3. The van der Waals surface area contributed by atoms with Crippen LogP contribution in [0.15, 0.2) is 30.3 Å². The molecule has 1 rings (SSSR count). The molecule has 0 aliphatic rings. The fourth-order valence-electron chi connectivity index (χ4n) is 1.32. The van der Waals surface area contributed by atoms with E-state index >= 15 is 0 Å². The van der Waals surface area contributed by atoms with E-state index in [1.54, 1.807) is 0 Å². The van der Waals surface area contributed by atoms with Gasteiger partial charge in [0.1, 0.15) is 0 Å². The van der Waals surface area contributed by atoms with E-state index in [1.807, 2.05) is 0 Å².